The third-order valence-corrected chi connectivity index (χ3v) is 17.1. The SMILES string of the molecule is CCCCCCC/C=C\CCCCCCCC(=O)OCCCCCCCCCCCCCC/C=C\CCCCCCCCCCCCCCCCCCC(=O)NC(CO)C(O)/C=C/CCCCCCCCCCCCCCCCCC. The summed E-state index contributed by atoms with van der Waals surface area (Å²) in [6.45, 7) is 4.93. The number of rotatable bonds is 69. The molecule has 2 unspecified atom stereocenters. The minimum absolute atomic E-state index is 0.00979. The van der Waals surface area contributed by atoms with Gasteiger partial charge in [0.05, 0.1) is 25.4 Å². The van der Waals surface area contributed by atoms with Crippen molar-refractivity contribution in [1.29, 1.82) is 0 Å². The third kappa shape index (κ3) is 67.1. The summed E-state index contributed by atoms with van der Waals surface area (Å²) in [6, 6.07) is -0.626. The second kappa shape index (κ2) is 70.6. The number of carbonyl (C=O) groups excluding carboxylic acids is 2. The van der Waals surface area contributed by atoms with E-state index in [4.69, 9.17) is 4.74 Å². The standard InChI is InChI=1S/C75H143NO5/c1-3-5-7-9-11-13-15-17-19-20-37-40-43-47-51-55-59-63-67-73(78)72(71-77)76-74(79)68-64-60-56-52-48-44-41-38-35-33-31-29-27-25-23-21-22-24-26-28-30-32-34-36-39-42-46-50-54-58-62-66-70-81-75(80)69-65-61-57-53-49-45-18-16-14-12-10-8-6-4-2/h16,18,24,26,63,67,72-73,77-78H,3-15,17,19-23,25,27-62,64-66,68-71H2,1-2H3,(H,76,79)/b18-16-,26-24-,67-63+. The molecule has 0 rings (SSSR count). The van der Waals surface area contributed by atoms with Gasteiger partial charge in [-0.25, -0.2) is 0 Å². The molecule has 0 spiro atoms. The van der Waals surface area contributed by atoms with E-state index in [0.29, 0.717) is 19.4 Å². The average Bonchev–Trinajstić information content (AvgIpc) is 3.47. The zero-order chi connectivity index (χ0) is 58.5. The lowest BCUT2D eigenvalue weighted by atomic mass is 10.0. The van der Waals surface area contributed by atoms with Crippen molar-refractivity contribution >= 4 is 11.9 Å². The van der Waals surface area contributed by atoms with Gasteiger partial charge in [0.2, 0.25) is 5.91 Å². The largest absolute Gasteiger partial charge is 0.466 e. The van der Waals surface area contributed by atoms with Crippen LogP contribution in [-0.2, 0) is 14.3 Å². The van der Waals surface area contributed by atoms with E-state index in [0.717, 1.165) is 44.9 Å². The highest BCUT2D eigenvalue weighted by atomic mass is 16.5. The molecule has 0 aliphatic heterocycles. The number of ether oxygens (including phenoxy) is 1. The van der Waals surface area contributed by atoms with Crippen LogP contribution in [0.1, 0.15) is 406 Å². The summed E-state index contributed by atoms with van der Waals surface area (Å²) in [5, 5.41) is 23.2. The Morgan fingerprint density at radius 3 is 0.877 bits per heavy atom. The van der Waals surface area contributed by atoms with Crippen LogP contribution < -0.4 is 5.32 Å². The smallest absolute Gasteiger partial charge is 0.305 e. The van der Waals surface area contributed by atoms with Gasteiger partial charge < -0.3 is 20.3 Å². The summed E-state index contributed by atoms with van der Waals surface area (Å²) in [4.78, 5) is 24.6. The van der Waals surface area contributed by atoms with Gasteiger partial charge in [0, 0.05) is 12.8 Å². The average molecular weight is 1140 g/mol. The van der Waals surface area contributed by atoms with E-state index in [1.807, 2.05) is 6.08 Å². The van der Waals surface area contributed by atoms with Crippen molar-refractivity contribution in [3.8, 4) is 0 Å². The molecule has 81 heavy (non-hydrogen) atoms. The number of nitrogens with one attached hydrogen (secondary N) is 1. The highest BCUT2D eigenvalue weighted by molar-refractivity contribution is 5.76. The van der Waals surface area contributed by atoms with Gasteiger partial charge >= 0.3 is 5.97 Å². The monoisotopic (exact) mass is 1140 g/mol. The Balaban J connectivity index is 3.38. The zero-order valence-corrected chi connectivity index (χ0v) is 54.8. The number of amides is 1. The second-order valence-corrected chi connectivity index (χ2v) is 25.3. The Labute approximate surface area is 506 Å². The molecule has 6 nitrogen and oxygen atoms in total. The molecule has 0 aromatic rings. The van der Waals surface area contributed by atoms with Crippen molar-refractivity contribution in [1.82, 2.24) is 5.32 Å². The lowest BCUT2D eigenvalue weighted by Gasteiger charge is -2.20. The van der Waals surface area contributed by atoms with Crippen LogP contribution in [0.4, 0.5) is 0 Å². The molecule has 0 fully saturated rings. The van der Waals surface area contributed by atoms with E-state index in [2.05, 4.69) is 43.5 Å². The number of unbranched alkanes of at least 4 members (excludes halogenated alkanes) is 54. The van der Waals surface area contributed by atoms with Gasteiger partial charge in [0.25, 0.3) is 0 Å². The maximum absolute atomic E-state index is 12.5. The Morgan fingerprint density at radius 2 is 0.580 bits per heavy atom. The van der Waals surface area contributed by atoms with Crippen molar-refractivity contribution in [2.24, 2.45) is 0 Å². The van der Waals surface area contributed by atoms with Crippen LogP contribution in [0.2, 0.25) is 0 Å². The molecule has 3 N–H and O–H groups in total. The molecule has 0 aromatic heterocycles. The molecule has 0 radical (unpaired) electrons. The molecule has 0 saturated heterocycles. The second-order valence-electron chi connectivity index (χ2n) is 25.3. The van der Waals surface area contributed by atoms with Crippen LogP contribution in [0.3, 0.4) is 0 Å². The van der Waals surface area contributed by atoms with Crippen molar-refractivity contribution in [3.63, 3.8) is 0 Å². The lowest BCUT2D eigenvalue weighted by Crippen LogP contribution is -2.45. The van der Waals surface area contributed by atoms with Crippen LogP contribution >= 0.6 is 0 Å². The van der Waals surface area contributed by atoms with Crippen molar-refractivity contribution < 1.29 is 24.5 Å². The van der Waals surface area contributed by atoms with Gasteiger partial charge in [0.15, 0.2) is 0 Å². The summed E-state index contributed by atoms with van der Waals surface area (Å²) in [5.41, 5.74) is 0. The van der Waals surface area contributed by atoms with Crippen LogP contribution in [0, 0.1) is 0 Å². The molecule has 0 aromatic carbocycles. The normalized spacial score (nSPS) is 12.7. The Morgan fingerprint density at radius 1 is 0.333 bits per heavy atom. The maximum Gasteiger partial charge on any atom is 0.305 e. The molecule has 478 valence electrons. The number of carbonyl (C=O) groups is 2. The summed E-state index contributed by atoms with van der Waals surface area (Å²) in [5.74, 6) is -0.0523. The molecule has 0 bridgehead atoms. The molecular formula is C75H143NO5. The highest BCUT2D eigenvalue weighted by Gasteiger charge is 2.18. The van der Waals surface area contributed by atoms with E-state index >= 15 is 0 Å². The summed E-state index contributed by atoms with van der Waals surface area (Å²) in [6.07, 6.45) is 91.0. The van der Waals surface area contributed by atoms with E-state index in [1.54, 1.807) is 6.08 Å². The molecular weight excluding hydrogens is 995 g/mol. The molecule has 0 aliphatic rings. The number of hydrogen-bond acceptors (Lipinski definition) is 5. The third-order valence-electron chi connectivity index (χ3n) is 17.1. The quantitative estimate of drug-likeness (QED) is 0.0320. The van der Waals surface area contributed by atoms with Crippen LogP contribution in [0.5, 0.6) is 0 Å². The van der Waals surface area contributed by atoms with Crippen molar-refractivity contribution in [2.45, 2.75) is 418 Å². The first-order chi connectivity index (χ1) is 40.0. The van der Waals surface area contributed by atoms with Gasteiger partial charge in [-0.1, -0.05) is 346 Å². The first-order valence-electron chi connectivity index (χ1n) is 36.8. The molecule has 1 amide bonds. The molecule has 6 heteroatoms. The molecule has 0 aliphatic carbocycles. The van der Waals surface area contributed by atoms with Gasteiger partial charge in [-0.05, 0) is 83.5 Å². The Bertz CT molecular complexity index is 1310. The van der Waals surface area contributed by atoms with Crippen LogP contribution in [0.25, 0.3) is 0 Å². The van der Waals surface area contributed by atoms with Crippen molar-refractivity contribution in [3.05, 3.63) is 36.5 Å². The summed E-state index contributed by atoms with van der Waals surface area (Å²) < 4.78 is 5.49. The number of aliphatic hydroxyl groups excluding tert-OH is 2. The van der Waals surface area contributed by atoms with Gasteiger partial charge in [-0.15, -0.1) is 0 Å². The first kappa shape index (κ1) is 79.1. The molecule has 2 atom stereocenters. The number of hydrogen-bond donors (Lipinski definition) is 3. The van der Waals surface area contributed by atoms with Crippen LogP contribution in [-0.4, -0.2) is 47.4 Å². The summed E-state index contributed by atoms with van der Waals surface area (Å²) >= 11 is 0. The molecule has 0 heterocycles. The first-order valence-corrected chi connectivity index (χ1v) is 36.8. The van der Waals surface area contributed by atoms with E-state index in [-0.39, 0.29) is 18.5 Å². The fraction of sp³-hybridized carbons (Fsp3) is 0.893. The van der Waals surface area contributed by atoms with E-state index < -0.39 is 12.1 Å². The molecule has 0 saturated carbocycles. The minimum atomic E-state index is -0.843. The van der Waals surface area contributed by atoms with Crippen molar-refractivity contribution in [2.75, 3.05) is 13.2 Å². The Kier molecular flexibility index (Phi) is 68.9. The number of esters is 1. The Hall–Kier alpha value is -1.92. The number of aliphatic hydroxyl groups is 2. The van der Waals surface area contributed by atoms with E-state index in [1.165, 1.54) is 334 Å². The van der Waals surface area contributed by atoms with Gasteiger partial charge in [-0.3, -0.25) is 9.59 Å². The van der Waals surface area contributed by atoms with Crippen LogP contribution in [0.15, 0.2) is 36.5 Å². The zero-order valence-electron chi connectivity index (χ0n) is 54.8. The predicted molar refractivity (Wildman–Crippen MR) is 356 cm³/mol. The van der Waals surface area contributed by atoms with Gasteiger partial charge in [-0.2, -0.15) is 0 Å². The fourth-order valence-corrected chi connectivity index (χ4v) is 11.5. The van der Waals surface area contributed by atoms with Gasteiger partial charge in [0.1, 0.15) is 0 Å². The lowest BCUT2D eigenvalue weighted by molar-refractivity contribution is -0.143. The minimum Gasteiger partial charge on any atom is -0.466 e. The van der Waals surface area contributed by atoms with E-state index in [9.17, 15) is 19.8 Å². The summed E-state index contributed by atoms with van der Waals surface area (Å²) in [7, 11) is 0. The fourth-order valence-electron chi connectivity index (χ4n) is 11.5. The topological polar surface area (TPSA) is 95.9 Å². The maximum atomic E-state index is 12.5. The number of allylic oxidation sites excluding steroid dienone is 5. The highest BCUT2D eigenvalue weighted by Crippen LogP contribution is 2.19. The predicted octanol–water partition coefficient (Wildman–Crippen LogP) is 23.9.